The van der Waals surface area contributed by atoms with Crippen LogP contribution in [-0.4, -0.2) is 74.7 Å². The summed E-state index contributed by atoms with van der Waals surface area (Å²) in [4.78, 5) is 35.6. The number of anilines is 1. The predicted molar refractivity (Wildman–Crippen MR) is 126 cm³/mol. The van der Waals surface area contributed by atoms with E-state index in [2.05, 4.69) is 20.6 Å². The molecule has 37 heavy (non-hydrogen) atoms. The maximum atomic E-state index is 14.0. The highest BCUT2D eigenvalue weighted by Crippen LogP contribution is 2.38. The van der Waals surface area contributed by atoms with Crippen molar-refractivity contribution >= 4 is 29.0 Å². The van der Waals surface area contributed by atoms with Crippen molar-refractivity contribution in [1.82, 2.24) is 20.2 Å². The molecule has 2 amide bonds. The number of halogens is 5. The number of carbonyl (C=O) groups excluding carboxylic acids is 2. The molecule has 0 bridgehead atoms. The van der Waals surface area contributed by atoms with Gasteiger partial charge in [0.15, 0.2) is 5.01 Å². The van der Waals surface area contributed by atoms with Gasteiger partial charge in [-0.15, -0.1) is 11.3 Å². The fraction of sp³-hybridized carbons (Fsp3) is 0.565. The van der Waals surface area contributed by atoms with Crippen molar-refractivity contribution in [3.05, 3.63) is 28.5 Å². The third-order valence-electron chi connectivity index (χ3n) is 6.47. The third-order valence-corrected chi connectivity index (χ3v) is 7.56. The molecular weight excluding hydrogens is 521 g/mol. The van der Waals surface area contributed by atoms with Gasteiger partial charge in [-0.1, -0.05) is 0 Å². The van der Waals surface area contributed by atoms with E-state index in [9.17, 15) is 36.6 Å². The molecule has 1 saturated heterocycles. The number of nitrogens with one attached hydrogen (secondary N) is 2. The Kier molecular flexibility index (Phi) is 7.18. The molecule has 0 spiro atoms. The van der Waals surface area contributed by atoms with Crippen LogP contribution < -0.4 is 10.6 Å². The molecule has 8 nitrogen and oxygen atoms in total. The summed E-state index contributed by atoms with van der Waals surface area (Å²) in [7, 11) is 0. The van der Waals surface area contributed by atoms with Crippen LogP contribution in [0.5, 0.6) is 0 Å². The molecular formula is C23H26F5N5O3S. The third kappa shape index (κ3) is 5.84. The first kappa shape index (κ1) is 27.2. The molecule has 2 aromatic heterocycles. The van der Waals surface area contributed by atoms with Gasteiger partial charge in [0, 0.05) is 30.3 Å². The fourth-order valence-electron chi connectivity index (χ4n) is 4.29. The first-order valence-electron chi connectivity index (χ1n) is 11.6. The van der Waals surface area contributed by atoms with Gasteiger partial charge in [-0.05, 0) is 45.2 Å². The molecule has 3 heterocycles. The lowest BCUT2D eigenvalue weighted by molar-refractivity contribution is -0.138. The van der Waals surface area contributed by atoms with Crippen LogP contribution >= 0.6 is 11.3 Å². The molecule has 0 unspecified atom stereocenters. The van der Waals surface area contributed by atoms with Crippen molar-refractivity contribution in [2.75, 3.05) is 11.9 Å². The number of pyridine rings is 1. The van der Waals surface area contributed by atoms with Gasteiger partial charge in [-0.25, -0.2) is 18.7 Å². The van der Waals surface area contributed by atoms with Crippen LogP contribution in [0.1, 0.15) is 59.0 Å². The van der Waals surface area contributed by atoms with Gasteiger partial charge in [0.1, 0.15) is 17.6 Å². The summed E-state index contributed by atoms with van der Waals surface area (Å²) in [5.74, 6) is -4.46. The number of hydrogen-bond acceptors (Lipinski definition) is 7. The zero-order valence-corrected chi connectivity index (χ0v) is 21.0. The average Bonchev–Trinajstić information content (AvgIpc) is 3.31. The lowest BCUT2D eigenvalue weighted by atomic mass is 9.89. The van der Waals surface area contributed by atoms with E-state index in [4.69, 9.17) is 0 Å². The minimum atomic E-state index is -4.49. The number of carbonyl (C=O) groups is 2. The molecule has 2 atom stereocenters. The molecule has 0 radical (unpaired) electrons. The Morgan fingerprint density at radius 3 is 2.51 bits per heavy atom. The number of aryl methyl sites for hydroxylation is 1. The summed E-state index contributed by atoms with van der Waals surface area (Å²) in [6.45, 7) is 3.25. The summed E-state index contributed by atoms with van der Waals surface area (Å²) in [6.07, 6.45) is -3.48. The number of alkyl halides is 5. The van der Waals surface area contributed by atoms with Crippen LogP contribution in [0.4, 0.5) is 27.8 Å². The van der Waals surface area contributed by atoms with Crippen LogP contribution in [-0.2, 0) is 0 Å². The van der Waals surface area contributed by atoms with E-state index < -0.39 is 55.1 Å². The predicted octanol–water partition coefficient (Wildman–Crippen LogP) is 4.00. The maximum absolute atomic E-state index is 14.0. The van der Waals surface area contributed by atoms with Crippen LogP contribution in [0.25, 0.3) is 10.4 Å². The van der Waals surface area contributed by atoms with Crippen molar-refractivity contribution in [1.29, 1.82) is 0 Å². The number of nitrogens with zero attached hydrogens (tertiary/aromatic N) is 3. The molecule has 4 rings (SSSR count). The zero-order valence-electron chi connectivity index (χ0n) is 20.2. The van der Waals surface area contributed by atoms with Gasteiger partial charge in [0.25, 0.3) is 17.7 Å². The molecule has 1 aliphatic heterocycles. The quantitative estimate of drug-likeness (QED) is 0.472. The molecule has 2 aromatic rings. The highest BCUT2D eigenvalue weighted by molar-refractivity contribution is 7.17. The van der Waals surface area contributed by atoms with Gasteiger partial charge in [-0.3, -0.25) is 9.59 Å². The SMILES string of the molecule is Cc1cc(N[C@@H](C)C(F)(F)F)ncc1-c1sc(C(=O)NC2CC(O)C2)nc1C(=O)N1CC(F)(F)C[C@@H]1C. The van der Waals surface area contributed by atoms with Crippen molar-refractivity contribution in [3.8, 4) is 10.4 Å². The van der Waals surface area contributed by atoms with Gasteiger partial charge in [-0.2, -0.15) is 13.2 Å². The van der Waals surface area contributed by atoms with E-state index in [-0.39, 0.29) is 27.4 Å². The van der Waals surface area contributed by atoms with Crippen molar-refractivity contribution in [2.24, 2.45) is 0 Å². The summed E-state index contributed by atoms with van der Waals surface area (Å²) < 4.78 is 66.8. The summed E-state index contributed by atoms with van der Waals surface area (Å²) in [5.41, 5.74) is 0.573. The molecule has 1 saturated carbocycles. The highest BCUT2D eigenvalue weighted by atomic mass is 32.1. The Labute approximate surface area is 213 Å². The van der Waals surface area contributed by atoms with E-state index in [1.165, 1.54) is 19.2 Å². The minimum absolute atomic E-state index is 0.0437. The standard InChI is InChI=1S/C23H26F5N5O3S/c1-10-4-16(30-12(3)23(26,27)28)29-8-15(10)18-17(21(36)33-9-22(24,25)7-11(33)2)32-20(37-18)19(35)31-13-5-14(34)6-13/h4,8,11-14,34H,5-7,9H2,1-3H3,(H,29,30)(H,31,35)/t11-,12-,13?,14?/m0/s1. The second-order valence-corrected chi connectivity index (χ2v) is 10.6. The largest absolute Gasteiger partial charge is 0.408 e. The molecule has 2 aliphatic rings. The van der Waals surface area contributed by atoms with Gasteiger partial charge in [0.2, 0.25) is 0 Å². The van der Waals surface area contributed by atoms with E-state index in [0.29, 0.717) is 24.0 Å². The summed E-state index contributed by atoms with van der Waals surface area (Å²) in [6, 6.07) is -1.51. The summed E-state index contributed by atoms with van der Waals surface area (Å²) in [5, 5.41) is 14.4. The Bertz CT molecular complexity index is 1200. The second-order valence-electron chi connectivity index (χ2n) is 9.63. The number of aliphatic hydroxyl groups is 1. The average molecular weight is 548 g/mol. The van der Waals surface area contributed by atoms with Crippen molar-refractivity contribution < 1.29 is 36.6 Å². The smallest absolute Gasteiger partial charge is 0.393 e. The first-order chi connectivity index (χ1) is 17.1. The number of likely N-dealkylation sites (tertiary alicyclic amines) is 1. The van der Waals surface area contributed by atoms with Crippen LogP contribution in [0.15, 0.2) is 12.3 Å². The van der Waals surface area contributed by atoms with E-state index >= 15 is 0 Å². The number of aromatic nitrogens is 2. The number of rotatable bonds is 6. The lowest BCUT2D eigenvalue weighted by Crippen LogP contribution is -2.46. The second kappa shape index (κ2) is 9.78. The fourth-order valence-corrected chi connectivity index (χ4v) is 5.33. The van der Waals surface area contributed by atoms with Crippen LogP contribution in [0.3, 0.4) is 0 Å². The van der Waals surface area contributed by atoms with Crippen molar-refractivity contribution in [2.45, 2.75) is 76.4 Å². The monoisotopic (exact) mass is 547 g/mol. The molecule has 14 heteroatoms. The summed E-state index contributed by atoms with van der Waals surface area (Å²) >= 11 is 0.863. The Morgan fingerprint density at radius 2 is 1.97 bits per heavy atom. The van der Waals surface area contributed by atoms with E-state index in [0.717, 1.165) is 23.2 Å². The molecule has 0 aromatic carbocycles. The Balaban J connectivity index is 1.68. The maximum Gasteiger partial charge on any atom is 0.408 e. The lowest BCUT2D eigenvalue weighted by Gasteiger charge is -2.31. The number of aliphatic hydroxyl groups excluding tert-OH is 1. The normalized spacial score (nSPS) is 23.9. The van der Waals surface area contributed by atoms with Gasteiger partial charge < -0.3 is 20.6 Å². The topological polar surface area (TPSA) is 107 Å². The highest BCUT2D eigenvalue weighted by Gasteiger charge is 2.46. The molecule has 3 N–H and O–H groups in total. The molecule has 2 fully saturated rings. The number of hydrogen-bond donors (Lipinski definition) is 3. The Hall–Kier alpha value is -2.87. The number of thiazole rings is 1. The van der Waals surface area contributed by atoms with Gasteiger partial charge >= 0.3 is 6.18 Å². The minimum Gasteiger partial charge on any atom is -0.393 e. The van der Waals surface area contributed by atoms with E-state index in [1.807, 2.05) is 0 Å². The molecule has 1 aliphatic carbocycles. The van der Waals surface area contributed by atoms with Crippen LogP contribution in [0.2, 0.25) is 0 Å². The molecule has 202 valence electrons. The van der Waals surface area contributed by atoms with Gasteiger partial charge in [0.05, 0.1) is 17.5 Å². The number of amides is 2. The van der Waals surface area contributed by atoms with Crippen molar-refractivity contribution in [3.63, 3.8) is 0 Å². The Morgan fingerprint density at radius 1 is 1.30 bits per heavy atom. The zero-order chi connectivity index (χ0) is 27.3. The van der Waals surface area contributed by atoms with Crippen LogP contribution in [0, 0.1) is 6.92 Å². The first-order valence-corrected chi connectivity index (χ1v) is 12.4. The van der Waals surface area contributed by atoms with E-state index in [1.54, 1.807) is 6.92 Å².